The van der Waals surface area contributed by atoms with E-state index in [1.165, 1.54) is 40.7 Å². The molecule has 0 radical (unpaired) electrons. The third kappa shape index (κ3) is 3.33. The standard InChI is InChI=1S/C16H26N2/c1-11-9-12(2)14(4)16(13(11)3)10-17-7-8-18-15-5-6-15/h9,15,17-18H,5-8,10H2,1-4H3. The van der Waals surface area contributed by atoms with Crippen molar-refractivity contribution in [1.82, 2.24) is 10.6 Å². The van der Waals surface area contributed by atoms with Gasteiger partial charge in [0.2, 0.25) is 0 Å². The Labute approximate surface area is 111 Å². The average Bonchev–Trinajstić information content (AvgIpc) is 3.14. The second-order valence-electron chi connectivity index (χ2n) is 5.64. The summed E-state index contributed by atoms with van der Waals surface area (Å²) in [5.74, 6) is 0. The predicted octanol–water partition coefficient (Wildman–Crippen LogP) is 2.76. The van der Waals surface area contributed by atoms with Gasteiger partial charge >= 0.3 is 0 Å². The summed E-state index contributed by atoms with van der Waals surface area (Å²) in [7, 11) is 0. The minimum atomic E-state index is 0.816. The van der Waals surface area contributed by atoms with Crippen molar-refractivity contribution in [3.8, 4) is 0 Å². The fraction of sp³-hybridized carbons (Fsp3) is 0.625. The fourth-order valence-electron chi connectivity index (χ4n) is 2.43. The monoisotopic (exact) mass is 246 g/mol. The summed E-state index contributed by atoms with van der Waals surface area (Å²) >= 11 is 0. The smallest absolute Gasteiger partial charge is 0.0211 e. The van der Waals surface area contributed by atoms with Crippen LogP contribution in [-0.4, -0.2) is 19.1 Å². The van der Waals surface area contributed by atoms with Gasteiger partial charge in [0.15, 0.2) is 0 Å². The van der Waals surface area contributed by atoms with Crippen LogP contribution in [0.25, 0.3) is 0 Å². The number of hydrogen-bond donors (Lipinski definition) is 2. The van der Waals surface area contributed by atoms with E-state index in [1.807, 2.05) is 0 Å². The van der Waals surface area contributed by atoms with E-state index in [2.05, 4.69) is 44.4 Å². The molecule has 0 aliphatic heterocycles. The van der Waals surface area contributed by atoms with Gasteiger partial charge in [-0.2, -0.15) is 0 Å². The third-order valence-electron chi connectivity index (χ3n) is 4.14. The molecule has 0 saturated heterocycles. The van der Waals surface area contributed by atoms with Gasteiger partial charge in [-0.05, 0) is 68.4 Å². The molecule has 2 nitrogen and oxygen atoms in total. The lowest BCUT2D eigenvalue weighted by molar-refractivity contribution is 0.606. The van der Waals surface area contributed by atoms with Crippen molar-refractivity contribution in [3.05, 3.63) is 33.9 Å². The van der Waals surface area contributed by atoms with Crippen molar-refractivity contribution in [3.63, 3.8) is 0 Å². The molecule has 1 aromatic carbocycles. The van der Waals surface area contributed by atoms with Gasteiger partial charge < -0.3 is 10.6 Å². The molecule has 2 rings (SSSR count). The van der Waals surface area contributed by atoms with Gasteiger partial charge in [0.05, 0.1) is 0 Å². The molecule has 0 unspecified atom stereocenters. The maximum absolute atomic E-state index is 3.56. The lowest BCUT2D eigenvalue weighted by atomic mass is 9.94. The van der Waals surface area contributed by atoms with Crippen LogP contribution >= 0.6 is 0 Å². The van der Waals surface area contributed by atoms with E-state index in [0.717, 1.165) is 25.7 Å². The third-order valence-corrected chi connectivity index (χ3v) is 4.14. The second-order valence-corrected chi connectivity index (χ2v) is 5.64. The Bertz CT molecular complexity index is 393. The summed E-state index contributed by atoms with van der Waals surface area (Å²) in [6.07, 6.45) is 2.74. The zero-order chi connectivity index (χ0) is 13.1. The molecule has 100 valence electrons. The zero-order valence-electron chi connectivity index (χ0n) is 12.2. The number of hydrogen-bond acceptors (Lipinski definition) is 2. The van der Waals surface area contributed by atoms with Gasteiger partial charge in [0.25, 0.3) is 0 Å². The Balaban J connectivity index is 1.87. The lowest BCUT2D eigenvalue weighted by Crippen LogP contribution is -2.28. The second kappa shape index (κ2) is 5.85. The Kier molecular flexibility index (Phi) is 4.41. The van der Waals surface area contributed by atoms with E-state index in [-0.39, 0.29) is 0 Å². The van der Waals surface area contributed by atoms with E-state index in [1.54, 1.807) is 0 Å². The van der Waals surface area contributed by atoms with E-state index in [9.17, 15) is 0 Å². The van der Waals surface area contributed by atoms with Crippen molar-refractivity contribution >= 4 is 0 Å². The van der Waals surface area contributed by atoms with Crippen molar-refractivity contribution in [2.45, 2.75) is 53.1 Å². The van der Waals surface area contributed by atoms with E-state index in [0.29, 0.717) is 0 Å². The molecular formula is C16H26N2. The van der Waals surface area contributed by atoms with Gasteiger partial charge in [0, 0.05) is 25.7 Å². The van der Waals surface area contributed by atoms with Gasteiger partial charge in [-0.3, -0.25) is 0 Å². The molecule has 1 saturated carbocycles. The minimum absolute atomic E-state index is 0.816. The van der Waals surface area contributed by atoms with Crippen LogP contribution in [-0.2, 0) is 6.54 Å². The van der Waals surface area contributed by atoms with E-state index >= 15 is 0 Å². The number of rotatable bonds is 6. The van der Waals surface area contributed by atoms with Crippen molar-refractivity contribution in [2.24, 2.45) is 0 Å². The topological polar surface area (TPSA) is 24.1 Å². The van der Waals surface area contributed by atoms with Gasteiger partial charge in [-0.15, -0.1) is 0 Å². The number of nitrogens with one attached hydrogen (secondary N) is 2. The van der Waals surface area contributed by atoms with Crippen LogP contribution in [0, 0.1) is 27.7 Å². The molecule has 18 heavy (non-hydrogen) atoms. The summed E-state index contributed by atoms with van der Waals surface area (Å²) in [5.41, 5.74) is 7.19. The van der Waals surface area contributed by atoms with Crippen LogP contribution < -0.4 is 10.6 Å². The van der Waals surface area contributed by atoms with Crippen molar-refractivity contribution < 1.29 is 0 Å². The molecule has 0 bridgehead atoms. The summed E-state index contributed by atoms with van der Waals surface area (Å²) in [4.78, 5) is 0. The molecule has 1 aliphatic rings. The van der Waals surface area contributed by atoms with Gasteiger partial charge in [-0.25, -0.2) is 0 Å². The maximum atomic E-state index is 3.56. The molecule has 2 heteroatoms. The average molecular weight is 246 g/mol. The first-order valence-electron chi connectivity index (χ1n) is 7.10. The van der Waals surface area contributed by atoms with E-state index < -0.39 is 0 Å². The molecule has 0 heterocycles. The molecule has 1 aliphatic carbocycles. The van der Waals surface area contributed by atoms with Gasteiger partial charge in [-0.1, -0.05) is 6.07 Å². The van der Waals surface area contributed by atoms with Crippen LogP contribution in [0.15, 0.2) is 6.07 Å². The zero-order valence-corrected chi connectivity index (χ0v) is 12.2. The summed E-state index contributed by atoms with van der Waals surface area (Å²) in [6.45, 7) is 12.0. The first kappa shape index (κ1) is 13.6. The van der Waals surface area contributed by atoms with E-state index in [4.69, 9.17) is 0 Å². The predicted molar refractivity (Wildman–Crippen MR) is 78.1 cm³/mol. The summed E-state index contributed by atoms with van der Waals surface area (Å²) in [6, 6.07) is 3.11. The first-order chi connectivity index (χ1) is 8.59. The maximum Gasteiger partial charge on any atom is 0.0211 e. The van der Waals surface area contributed by atoms with Crippen LogP contribution in [0.4, 0.5) is 0 Å². The van der Waals surface area contributed by atoms with Gasteiger partial charge in [0.1, 0.15) is 0 Å². The van der Waals surface area contributed by atoms with Crippen LogP contribution in [0.1, 0.15) is 40.7 Å². The molecule has 0 atom stereocenters. The van der Waals surface area contributed by atoms with Crippen LogP contribution in [0.3, 0.4) is 0 Å². The van der Waals surface area contributed by atoms with Crippen LogP contribution in [0.2, 0.25) is 0 Å². The molecule has 0 amide bonds. The quantitative estimate of drug-likeness (QED) is 0.754. The lowest BCUT2D eigenvalue weighted by Gasteiger charge is -2.16. The molecular weight excluding hydrogens is 220 g/mol. The highest BCUT2D eigenvalue weighted by atomic mass is 15.0. The fourth-order valence-corrected chi connectivity index (χ4v) is 2.43. The molecule has 1 fully saturated rings. The van der Waals surface area contributed by atoms with Crippen LogP contribution in [0.5, 0.6) is 0 Å². The molecule has 0 spiro atoms. The van der Waals surface area contributed by atoms with Crippen molar-refractivity contribution in [2.75, 3.05) is 13.1 Å². The Morgan fingerprint density at radius 3 is 2.17 bits per heavy atom. The Hall–Kier alpha value is -0.860. The molecule has 0 aromatic heterocycles. The Morgan fingerprint density at radius 2 is 1.61 bits per heavy atom. The summed E-state index contributed by atoms with van der Waals surface area (Å²) < 4.78 is 0. The highest BCUT2D eigenvalue weighted by Crippen LogP contribution is 2.21. The highest BCUT2D eigenvalue weighted by Gasteiger charge is 2.19. The minimum Gasteiger partial charge on any atom is -0.313 e. The largest absolute Gasteiger partial charge is 0.313 e. The molecule has 2 N–H and O–H groups in total. The summed E-state index contributed by atoms with van der Waals surface area (Å²) in [5, 5.41) is 7.09. The highest BCUT2D eigenvalue weighted by molar-refractivity contribution is 5.43. The van der Waals surface area contributed by atoms with Crippen molar-refractivity contribution in [1.29, 1.82) is 0 Å². The molecule has 1 aromatic rings. The number of benzene rings is 1. The Morgan fingerprint density at radius 1 is 1.00 bits per heavy atom. The normalized spacial score (nSPS) is 15.1. The first-order valence-corrected chi connectivity index (χ1v) is 7.10. The SMILES string of the molecule is Cc1cc(C)c(C)c(CNCCNC2CC2)c1C. The number of aryl methyl sites for hydroxylation is 2.